The summed E-state index contributed by atoms with van der Waals surface area (Å²) < 4.78 is 0. The molecular weight excluding hydrogens is 290 g/mol. The molecule has 20 heavy (non-hydrogen) atoms. The maximum atomic E-state index is 12.0. The molecule has 1 amide bonds. The van der Waals surface area contributed by atoms with Gasteiger partial charge in [-0.25, -0.2) is 0 Å². The van der Waals surface area contributed by atoms with E-state index >= 15 is 0 Å². The van der Waals surface area contributed by atoms with E-state index in [2.05, 4.69) is 19.2 Å². The number of halogens is 1. The standard InChI is InChI=1S/C16H18ClNOS/c1-11(2)8-9-18-16(19)15-7-6-14(20-15)12-4-3-5-13(17)10-12/h3-7,10-11H,8-9H2,1-2H3,(H,18,19). The van der Waals surface area contributed by atoms with Crippen LogP contribution >= 0.6 is 22.9 Å². The van der Waals surface area contributed by atoms with Gasteiger partial charge in [-0.05, 0) is 42.2 Å². The van der Waals surface area contributed by atoms with E-state index in [1.807, 2.05) is 36.4 Å². The summed E-state index contributed by atoms with van der Waals surface area (Å²) in [6.45, 7) is 5.02. The Bertz CT molecular complexity index is 592. The Hall–Kier alpha value is -1.32. The summed E-state index contributed by atoms with van der Waals surface area (Å²) in [4.78, 5) is 13.8. The maximum Gasteiger partial charge on any atom is 0.261 e. The fourth-order valence-electron chi connectivity index (χ4n) is 1.82. The number of thiophene rings is 1. The van der Waals surface area contributed by atoms with Crippen LogP contribution in [0.5, 0.6) is 0 Å². The number of carbonyl (C=O) groups is 1. The van der Waals surface area contributed by atoms with Gasteiger partial charge in [-0.2, -0.15) is 0 Å². The van der Waals surface area contributed by atoms with Crippen LogP contribution in [0.1, 0.15) is 29.9 Å². The van der Waals surface area contributed by atoms with Crippen molar-refractivity contribution in [3.63, 3.8) is 0 Å². The van der Waals surface area contributed by atoms with Crippen molar-refractivity contribution in [3.8, 4) is 10.4 Å². The molecule has 0 fully saturated rings. The third-order valence-corrected chi connectivity index (χ3v) is 4.31. The fourth-order valence-corrected chi connectivity index (χ4v) is 2.93. The van der Waals surface area contributed by atoms with Crippen molar-refractivity contribution in [2.75, 3.05) is 6.54 Å². The smallest absolute Gasteiger partial charge is 0.261 e. The predicted octanol–water partition coefficient (Wildman–Crippen LogP) is 4.84. The van der Waals surface area contributed by atoms with Crippen LogP contribution in [0.4, 0.5) is 0 Å². The molecule has 106 valence electrons. The molecule has 0 aliphatic rings. The highest BCUT2D eigenvalue weighted by Gasteiger charge is 2.10. The van der Waals surface area contributed by atoms with Crippen LogP contribution in [0, 0.1) is 5.92 Å². The third kappa shape index (κ3) is 4.09. The lowest BCUT2D eigenvalue weighted by molar-refractivity contribution is 0.0956. The Morgan fingerprint density at radius 2 is 2.10 bits per heavy atom. The number of rotatable bonds is 5. The number of hydrogen-bond donors (Lipinski definition) is 1. The highest BCUT2D eigenvalue weighted by atomic mass is 35.5. The predicted molar refractivity (Wildman–Crippen MR) is 86.6 cm³/mol. The van der Waals surface area contributed by atoms with Crippen molar-refractivity contribution in [2.24, 2.45) is 5.92 Å². The minimum atomic E-state index is 0.00364. The molecule has 4 heteroatoms. The van der Waals surface area contributed by atoms with Crippen molar-refractivity contribution in [2.45, 2.75) is 20.3 Å². The van der Waals surface area contributed by atoms with Crippen LogP contribution in [0.2, 0.25) is 5.02 Å². The Morgan fingerprint density at radius 3 is 2.80 bits per heavy atom. The van der Waals surface area contributed by atoms with Crippen LogP contribution in [0.3, 0.4) is 0 Å². The van der Waals surface area contributed by atoms with E-state index in [1.54, 1.807) is 0 Å². The summed E-state index contributed by atoms with van der Waals surface area (Å²) in [5, 5.41) is 3.66. The lowest BCUT2D eigenvalue weighted by Gasteiger charge is -2.05. The molecule has 1 N–H and O–H groups in total. The average Bonchev–Trinajstić information content (AvgIpc) is 2.87. The van der Waals surface area contributed by atoms with Gasteiger partial charge in [0.1, 0.15) is 0 Å². The normalized spacial score (nSPS) is 10.8. The van der Waals surface area contributed by atoms with Crippen LogP contribution in [0.15, 0.2) is 36.4 Å². The molecule has 1 aromatic heterocycles. The van der Waals surface area contributed by atoms with Crippen LogP contribution in [0.25, 0.3) is 10.4 Å². The van der Waals surface area contributed by atoms with Gasteiger partial charge in [-0.15, -0.1) is 11.3 Å². The number of benzene rings is 1. The van der Waals surface area contributed by atoms with Gasteiger partial charge in [0.05, 0.1) is 4.88 Å². The first-order valence-electron chi connectivity index (χ1n) is 6.70. The Balaban J connectivity index is 2.03. The van der Waals surface area contributed by atoms with Crippen LogP contribution < -0.4 is 5.32 Å². The first kappa shape index (κ1) is 15.1. The molecule has 1 heterocycles. The molecule has 0 atom stereocenters. The van der Waals surface area contributed by atoms with Crippen LogP contribution in [-0.2, 0) is 0 Å². The molecule has 0 saturated carbocycles. The molecule has 0 unspecified atom stereocenters. The summed E-state index contributed by atoms with van der Waals surface area (Å²) in [5.41, 5.74) is 1.05. The summed E-state index contributed by atoms with van der Waals surface area (Å²) in [6.07, 6.45) is 0.998. The fraction of sp³-hybridized carbons (Fsp3) is 0.312. The molecule has 0 spiro atoms. The number of nitrogens with one attached hydrogen (secondary N) is 1. The largest absolute Gasteiger partial charge is 0.351 e. The van der Waals surface area contributed by atoms with E-state index in [1.165, 1.54) is 11.3 Å². The zero-order valence-corrected chi connectivity index (χ0v) is 13.2. The van der Waals surface area contributed by atoms with Gasteiger partial charge >= 0.3 is 0 Å². The number of amides is 1. The first-order chi connectivity index (χ1) is 9.56. The second-order valence-corrected chi connectivity index (χ2v) is 6.63. The Kier molecular flexibility index (Phi) is 5.21. The SMILES string of the molecule is CC(C)CCNC(=O)c1ccc(-c2cccc(Cl)c2)s1. The van der Waals surface area contributed by atoms with Gasteiger partial charge in [0.15, 0.2) is 0 Å². The topological polar surface area (TPSA) is 29.1 Å². The Labute approximate surface area is 128 Å². The van der Waals surface area contributed by atoms with Gasteiger partial charge < -0.3 is 5.32 Å². The van der Waals surface area contributed by atoms with Gasteiger partial charge in [0.2, 0.25) is 0 Å². The van der Waals surface area contributed by atoms with Gasteiger partial charge in [-0.3, -0.25) is 4.79 Å². The number of hydrogen-bond acceptors (Lipinski definition) is 2. The van der Waals surface area contributed by atoms with E-state index in [9.17, 15) is 4.79 Å². The molecule has 2 nitrogen and oxygen atoms in total. The van der Waals surface area contributed by atoms with Crippen molar-refractivity contribution in [3.05, 3.63) is 46.3 Å². The zero-order valence-electron chi connectivity index (χ0n) is 11.7. The highest BCUT2D eigenvalue weighted by molar-refractivity contribution is 7.17. The van der Waals surface area contributed by atoms with E-state index in [0.29, 0.717) is 10.9 Å². The summed E-state index contributed by atoms with van der Waals surface area (Å²) in [6, 6.07) is 11.5. The highest BCUT2D eigenvalue weighted by Crippen LogP contribution is 2.29. The lowest BCUT2D eigenvalue weighted by Crippen LogP contribution is -2.24. The lowest BCUT2D eigenvalue weighted by atomic mass is 10.1. The molecule has 1 aromatic carbocycles. The minimum Gasteiger partial charge on any atom is -0.351 e. The molecular formula is C16H18ClNOS. The third-order valence-electron chi connectivity index (χ3n) is 2.95. The summed E-state index contributed by atoms with van der Waals surface area (Å²) >= 11 is 7.48. The molecule has 0 aliphatic carbocycles. The molecule has 2 aromatic rings. The first-order valence-corrected chi connectivity index (χ1v) is 7.89. The van der Waals surface area contributed by atoms with E-state index in [-0.39, 0.29) is 5.91 Å². The van der Waals surface area contributed by atoms with Crippen molar-refractivity contribution >= 4 is 28.8 Å². The number of carbonyl (C=O) groups excluding carboxylic acids is 1. The van der Waals surface area contributed by atoms with Gasteiger partial charge in [0, 0.05) is 16.4 Å². The van der Waals surface area contributed by atoms with E-state index < -0.39 is 0 Å². The molecule has 0 saturated heterocycles. The quantitative estimate of drug-likeness (QED) is 0.841. The molecule has 0 radical (unpaired) electrons. The second-order valence-electron chi connectivity index (χ2n) is 5.11. The van der Waals surface area contributed by atoms with Crippen molar-refractivity contribution in [1.82, 2.24) is 5.32 Å². The second kappa shape index (κ2) is 6.91. The average molecular weight is 308 g/mol. The zero-order chi connectivity index (χ0) is 14.5. The van der Waals surface area contributed by atoms with Gasteiger partial charge in [0.25, 0.3) is 5.91 Å². The van der Waals surface area contributed by atoms with E-state index in [0.717, 1.165) is 28.3 Å². The summed E-state index contributed by atoms with van der Waals surface area (Å²) in [5.74, 6) is 0.601. The molecule has 0 aliphatic heterocycles. The summed E-state index contributed by atoms with van der Waals surface area (Å²) in [7, 11) is 0. The van der Waals surface area contributed by atoms with Crippen molar-refractivity contribution in [1.29, 1.82) is 0 Å². The molecule has 0 bridgehead atoms. The van der Waals surface area contributed by atoms with E-state index in [4.69, 9.17) is 11.6 Å². The maximum absolute atomic E-state index is 12.0. The van der Waals surface area contributed by atoms with Crippen LogP contribution in [-0.4, -0.2) is 12.5 Å². The minimum absolute atomic E-state index is 0.00364. The Morgan fingerprint density at radius 1 is 1.30 bits per heavy atom. The van der Waals surface area contributed by atoms with Gasteiger partial charge in [-0.1, -0.05) is 37.6 Å². The van der Waals surface area contributed by atoms with Crippen molar-refractivity contribution < 1.29 is 4.79 Å². The molecule has 2 rings (SSSR count). The monoisotopic (exact) mass is 307 g/mol.